The number of hydrogen-bond acceptors (Lipinski definition) is 3. The van der Waals surface area contributed by atoms with Crippen LogP contribution in [0.5, 0.6) is 0 Å². The van der Waals surface area contributed by atoms with Crippen molar-refractivity contribution in [2.45, 2.75) is 19.4 Å². The number of rotatable bonds is 7. The van der Waals surface area contributed by atoms with Crippen molar-refractivity contribution in [1.82, 2.24) is 5.32 Å². The average molecular weight is 402 g/mol. The maximum Gasteiger partial charge on any atom is 0.326 e. The second kappa shape index (κ2) is 9.52. The van der Waals surface area contributed by atoms with Crippen molar-refractivity contribution in [3.63, 3.8) is 0 Å². The molecule has 3 aromatic rings. The van der Waals surface area contributed by atoms with Gasteiger partial charge in [-0.2, -0.15) is 0 Å². The van der Waals surface area contributed by atoms with E-state index in [-0.39, 0.29) is 17.9 Å². The van der Waals surface area contributed by atoms with Crippen LogP contribution in [0, 0.1) is 0 Å². The van der Waals surface area contributed by atoms with Crippen molar-refractivity contribution < 1.29 is 19.5 Å². The molecular weight excluding hydrogens is 380 g/mol. The number of aliphatic carboxylic acids is 1. The Balaban J connectivity index is 1.70. The van der Waals surface area contributed by atoms with Gasteiger partial charge in [0.1, 0.15) is 6.04 Å². The molecule has 0 saturated heterocycles. The van der Waals surface area contributed by atoms with Gasteiger partial charge in [0.2, 0.25) is 5.91 Å². The summed E-state index contributed by atoms with van der Waals surface area (Å²) in [6.45, 7) is 1.37. The summed E-state index contributed by atoms with van der Waals surface area (Å²) in [5.74, 6) is -1.89. The highest BCUT2D eigenvalue weighted by atomic mass is 16.4. The van der Waals surface area contributed by atoms with Crippen molar-refractivity contribution in [2.75, 3.05) is 5.32 Å². The SMILES string of the molecule is CC(=O)Nc1cccc(C(=O)N[C@H](Cc2ccc(-c3ccccc3)cc2)C(=O)O)c1. The number of anilines is 1. The fourth-order valence-corrected chi connectivity index (χ4v) is 3.08. The minimum Gasteiger partial charge on any atom is -0.480 e. The van der Waals surface area contributed by atoms with Crippen molar-refractivity contribution in [3.8, 4) is 11.1 Å². The third-order valence-corrected chi connectivity index (χ3v) is 4.55. The van der Waals surface area contributed by atoms with Crippen molar-refractivity contribution >= 4 is 23.5 Å². The fourth-order valence-electron chi connectivity index (χ4n) is 3.08. The van der Waals surface area contributed by atoms with Gasteiger partial charge in [0, 0.05) is 24.6 Å². The van der Waals surface area contributed by atoms with Crippen LogP contribution in [-0.2, 0) is 16.0 Å². The Labute approximate surface area is 174 Å². The van der Waals surface area contributed by atoms with Crippen molar-refractivity contribution in [2.24, 2.45) is 0 Å². The van der Waals surface area contributed by atoms with Crippen molar-refractivity contribution in [1.29, 1.82) is 0 Å². The van der Waals surface area contributed by atoms with Crippen LogP contribution in [0.2, 0.25) is 0 Å². The molecule has 0 spiro atoms. The minimum absolute atomic E-state index is 0.154. The molecule has 3 rings (SSSR count). The quantitative estimate of drug-likeness (QED) is 0.561. The van der Waals surface area contributed by atoms with E-state index in [0.717, 1.165) is 16.7 Å². The maximum atomic E-state index is 12.5. The molecule has 0 bridgehead atoms. The highest BCUT2D eigenvalue weighted by molar-refractivity contribution is 5.98. The standard InChI is InChI=1S/C24H22N2O4/c1-16(27)25-21-9-5-8-20(15-21)23(28)26-22(24(29)30)14-17-10-12-19(13-11-17)18-6-3-2-4-7-18/h2-13,15,22H,14H2,1H3,(H,25,27)(H,26,28)(H,29,30)/t22-/m1/s1. The van der Waals surface area contributed by atoms with E-state index in [1.54, 1.807) is 18.2 Å². The molecule has 3 N–H and O–H groups in total. The number of hydrogen-bond donors (Lipinski definition) is 3. The first-order chi connectivity index (χ1) is 14.4. The van der Waals surface area contributed by atoms with E-state index in [1.165, 1.54) is 13.0 Å². The third kappa shape index (κ3) is 5.54. The molecule has 152 valence electrons. The minimum atomic E-state index is -1.12. The van der Waals surface area contributed by atoms with E-state index in [0.29, 0.717) is 5.69 Å². The topological polar surface area (TPSA) is 95.5 Å². The second-order valence-corrected chi connectivity index (χ2v) is 6.89. The van der Waals surface area contributed by atoms with Gasteiger partial charge in [-0.3, -0.25) is 9.59 Å². The lowest BCUT2D eigenvalue weighted by molar-refractivity contribution is -0.139. The molecule has 0 aliphatic heterocycles. The maximum absolute atomic E-state index is 12.5. The van der Waals surface area contributed by atoms with Crippen LogP contribution in [0.3, 0.4) is 0 Å². The summed E-state index contributed by atoms with van der Waals surface area (Å²) in [7, 11) is 0. The van der Waals surface area contributed by atoms with Crippen LogP contribution in [0.4, 0.5) is 5.69 Å². The molecule has 0 aliphatic carbocycles. The zero-order chi connectivity index (χ0) is 21.5. The zero-order valence-electron chi connectivity index (χ0n) is 16.5. The number of nitrogens with one attached hydrogen (secondary N) is 2. The summed E-state index contributed by atoms with van der Waals surface area (Å²) >= 11 is 0. The Morgan fingerprint density at radius 3 is 2.17 bits per heavy atom. The first-order valence-electron chi connectivity index (χ1n) is 9.48. The molecule has 0 unspecified atom stereocenters. The molecule has 0 fully saturated rings. The van der Waals surface area contributed by atoms with Gasteiger partial charge < -0.3 is 15.7 Å². The number of carboxylic acid groups (broad SMARTS) is 1. The number of carbonyl (C=O) groups excluding carboxylic acids is 2. The van der Waals surface area contributed by atoms with E-state index >= 15 is 0 Å². The number of carboxylic acids is 1. The van der Waals surface area contributed by atoms with Gasteiger partial charge in [0.05, 0.1) is 0 Å². The number of carbonyl (C=O) groups is 3. The lowest BCUT2D eigenvalue weighted by Crippen LogP contribution is -2.42. The van der Waals surface area contributed by atoms with E-state index in [4.69, 9.17) is 0 Å². The van der Waals surface area contributed by atoms with E-state index in [1.807, 2.05) is 54.6 Å². The normalized spacial score (nSPS) is 11.4. The molecule has 0 heterocycles. The van der Waals surface area contributed by atoms with Gasteiger partial charge in [-0.05, 0) is 34.9 Å². The average Bonchev–Trinajstić information content (AvgIpc) is 2.74. The summed E-state index contributed by atoms with van der Waals surface area (Å²) in [6.07, 6.45) is 0.154. The predicted octanol–water partition coefficient (Wildman–Crippen LogP) is 3.74. The van der Waals surface area contributed by atoms with Crippen LogP contribution in [0.15, 0.2) is 78.9 Å². The molecule has 2 amide bonds. The Morgan fingerprint density at radius 1 is 0.867 bits per heavy atom. The molecule has 1 atom stereocenters. The van der Waals surface area contributed by atoms with Crippen LogP contribution < -0.4 is 10.6 Å². The van der Waals surface area contributed by atoms with Crippen LogP contribution >= 0.6 is 0 Å². The molecule has 0 saturated carbocycles. The lowest BCUT2D eigenvalue weighted by atomic mass is 10.0. The van der Waals surface area contributed by atoms with Gasteiger partial charge in [-0.1, -0.05) is 60.7 Å². The van der Waals surface area contributed by atoms with Gasteiger partial charge >= 0.3 is 5.97 Å². The summed E-state index contributed by atoms with van der Waals surface area (Å²) in [4.78, 5) is 35.4. The molecular formula is C24H22N2O4. The molecule has 6 nitrogen and oxygen atoms in total. The molecule has 3 aromatic carbocycles. The highest BCUT2D eigenvalue weighted by Gasteiger charge is 2.21. The van der Waals surface area contributed by atoms with E-state index < -0.39 is 17.9 Å². The van der Waals surface area contributed by atoms with Crippen LogP contribution in [0.1, 0.15) is 22.8 Å². The summed E-state index contributed by atoms with van der Waals surface area (Å²) in [5.41, 5.74) is 3.65. The number of benzene rings is 3. The Bertz CT molecular complexity index is 1050. The summed E-state index contributed by atoms with van der Waals surface area (Å²) < 4.78 is 0. The van der Waals surface area contributed by atoms with Crippen LogP contribution in [-0.4, -0.2) is 28.9 Å². The second-order valence-electron chi connectivity index (χ2n) is 6.89. The van der Waals surface area contributed by atoms with Gasteiger partial charge in [0.15, 0.2) is 0 Å². The third-order valence-electron chi connectivity index (χ3n) is 4.55. The van der Waals surface area contributed by atoms with Crippen LogP contribution in [0.25, 0.3) is 11.1 Å². The summed E-state index contributed by atoms with van der Waals surface area (Å²) in [6, 6.07) is 22.7. The molecule has 0 aromatic heterocycles. The lowest BCUT2D eigenvalue weighted by Gasteiger charge is -2.15. The molecule has 30 heavy (non-hydrogen) atoms. The summed E-state index contributed by atoms with van der Waals surface area (Å²) in [5, 5.41) is 14.7. The highest BCUT2D eigenvalue weighted by Crippen LogP contribution is 2.20. The largest absolute Gasteiger partial charge is 0.480 e. The molecule has 0 aliphatic rings. The fraction of sp³-hybridized carbons (Fsp3) is 0.125. The number of amides is 2. The smallest absolute Gasteiger partial charge is 0.326 e. The van der Waals surface area contributed by atoms with Gasteiger partial charge in [-0.15, -0.1) is 0 Å². The van der Waals surface area contributed by atoms with E-state index in [2.05, 4.69) is 10.6 Å². The predicted molar refractivity (Wildman–Crippen MR) is 115 cm³/mol. The first kappa shape index (κ1) is 20.8. The zero-order valence-corrected chi connectivity index (χ0v) is 16.5. The van der Waals surface area contributed by atoms with Crippen molar-refractivity contribution in [3.05, 3.63) is 90.0 Å². The van der Waals surface area contributed by atoms with Gasteiger partial charge in [-0.25, -0.2) is 4.79 Å². The Kier molecular flexibility index (Phi) is 6.60. The van der Waals surface area contributed by atoms with E-state index in [9.17, 15) is 19.5 Å². The Morgan fingerprint density at radius 2 is 1.53 bits per heavy atom. The molecule has 6 heteroatoms. The molecule has 0 radical (unpaired) electrons. The van der Waals surface area contributed by atoms with Gasteiger partial charge in [0.25, 0.3) is 5.91 Å². The first-order valence-corrected chi connectivity index (χ1v) is 9.48. The Hall–Kier alpha value is -3.93. The monoisotopic (exact) mass is 402 g/mol.